The Bertz CT molecular complexity index is 463. The van der Waals surface area contributed by atoms with Crippen LogP contribution in [-0.2, 0) is 11.3 Å². The summed E-state index contributed by atoms with van der Waals surface area (Å²) < 4.78 is 11.5. The van der Waals surface area contributed by atoms with E-state index in [4.69, 9.17) is 9.47 Å². The van der Waals surface area contributed by atoms with Crippen molar-refractivity contribution in [2.75, 3.05) is 32.6 Å². The highest BCUT2D eigenvalue weighted by Crippen LogP contribution is 2.46. The largest absolute Gasteiger partial charge is 0.481 e. The third-order valence-corrected chi connectivity index (χ3v) is 5.61. The van der Waals surface area contributed by atoms with Gasteiger partial charge in [0, 0.05) is 48.5 Å². The van der Waals surface area contributed by atoms with Gasteiger partial charge in [0.1, 0.15) is 0 Å². The van der Waals surface area contributed by atoms with Gasteiger partial charge in [-0.2, -0.15) is 0 Å². The van der Waals surface area contributed by atoms with Crippen molar-refractivity contribution in [3.8, 4) is 5.88 Å². The predicted molar refractivity (Wildman–Crippen MR) is 81.3 cm³/mol. The number of pyridine rings is 1. The molecule has 3 rings (SSSR count). The molecule has 2 saturated heterocycles. The van der Waals surface area contributed by atoms with Crippen molar-refractivity contribution in [1.29, 1.82) is 0 Å². The Kier molecular flexibility index (Phi) is 4.19. The zero-order valence-corrected chi connectivity index (χ0v) is 13.0. The minimum absolute atomic E-state index is 0.440. The average Bonchev–Trinajstić information content (AvgIpc) is 2.83. The molecule has 20 heavy (non-hydrogen) atoms. The number of aromatic nitrogens is 1. The molecule has 1 atom stereocenters. The van der Waals surface area contributed by atoms with Gasteiger partial charge in [0.15, 0.2) is 0 Å². The van der Waals surface area contributed by atoms with Gasteiger partial charge in [-0.3, -0.25) is 4.90 Å². The van der Waals surface area contributed by atoms with Crippen LogP contribution in [0.1, 0.15) is 18.9 Å². The molecule has 2 fully saturated rings. The summed E-state index contributed by atoms with van der Waals surface area (Å²) in [4.78, 5) is 6.73. The van der Waals surface area contributed by atoms with Crippen molar-refractivity contribution >= 4 is 11.8 Å². The van der Waals surface area contributed by atoms with E-state index in [1.165, 1.54) is 12.0 Å². The Hall–Kier alpha value is -0.780. The second-order valence-corrected chi connectivity index (χ2v) is 7.08. The Morgan fingerprint density at radius 2 is 2.35 bits per heavy atom. The lowest BCUT2D eigenvalue weighted by Gasteiger charge is -2.47. The van der Waals surface area contributed by atoms with E-state index in [1.807, 2.05) is 6.07 Å². The lowest BCUT2D eigenvalue weighted by Crippen LogP contribution is -2.58. The quantitative estimate of drug-likeness (QED) is 0.831. The van der Waals surface area contributed by atoms with Crippen LogP contribution in [0.4, 0.5) is 0 Å². The molecule has 0 aromatic carbocycles. The molecule has 4 nitrogen and oxygen atoms in total. The highest BCUT2D eigenvalue weighted by molar-refractivity contribution is 8.01. The highest BCUT2D eigenvalue weighted by Gasteiger charge is 2.49. The molecule has 2 aliphatic rings. The minimum atomic E-state index is 0.440. The Morgan fingerprint density at radius 3 is 3.10 bits per heavy atom. The monoisotopic (exact) mass is 294 g/mol. The number of ether oxygens (including phenoxy) is 2. The molecule has 1 spiro atoms. The second kappa shape index (κ2) is 5.92. The van der Waals surface area contributed by atoms with E-state index in [9.17, 15) is 0 Å². The summed E-state index contributed by atoms with van der Waals surface area (Å²) in [6.45, 7) is 6.15. The number of rotatable bonds is 5. The summed E-state index contributed by atoms with van der Waals surface area (Å²) in [6.07, 6.45) is 3.44. The number of thioether (sulfide) groups is 1. The lowest BCUT2D eigenvalue weighted by molar-refractivity contribution is 0.0414. The minimum Gasteiger partial charge on any atom is -0.481 e. The van der Waals surface area contributed by atoms with Crippen molar-refractivity contribution in [3.63, 3.8) is 0 Å². The third-order valence-electron chi connectivity index (χ3n) is 4.04. The van der Waals surface area contributed by atoms with Gasteiger partial charge < -0.3 is 9.47 Å². The van der Waals surface area contributed by atoms with Crippen molar-refractivity contribution in [1.82, 2.24) is 9.88 Å². The third kappa shape index (κ3) is 2.80. The topological polar surface area (TPSA) is 34.6 Å². The Morgan fingerprint density at radius 1 is 1.50 bits per heavy atom. The fraction of sp³-hybridized carbons (Fsp3) is 0.667. The van der Waals surface area contributed by atoms with E-state index >= 15 is 0 Å². The van der Waals surface area contributed by atoms with E-state index in [-0.39, 0.29) is 0 Å². The first-order valence-corrected chi connectivity index (χ1v) is 8.19. The highest BCUT2D eigenvalue weighted by atomic mass is 32.2. The number of hydrogen-bond donors (Lipinski definition) is 0. The molecule has 0 saturated carbocycles. The van der Waals surface area contributed by atoms with Gasteiger partial charge in [-0.05, 0) is 19.4 Å². The second-order valence-electron chi connectivity index (χ2n) is 5.59. The summed E-state index contributed by atoms with van der Waals surface area (Å²) in [7, 11) is 1.68. The molecule has 0 aliphatic carbocycles. The van der Waals surface area contributed by atoms with Crippen molar-refractivity contribution in [2.24, 2.45) is 0 Å². The first kappa shape index (κ1) is 14.2. The van der Waals surface area contributed by atoms with E-state index in [0.29, 0.717) is 10.9 Å². The molecule has 0 bridgehead atoms. The molecular formula is C15H22N2O2S. The van der Waals surface area contributed by atoms with Crippen molar-refractivity contribution < 1.29 is 9.47 Å². The molecule has 3 heterocycles. The molecule has 110 valence electrons. The van der Waals surface area contributed by atoms with E-state index in [0.717, 1.165) is 37.9 Å². The number of likely N-dealkylation sites (tertiary alicyclic amines) is 1. The Labute approximate surface area is 124 Å². The normalized spacial score (nSPS) is 24.8. The van der Waals surface area contributed by atoms with Crippen LogP contribution in [0, 0.1) is 0 Å². The molecule has 1 unspecified atom stereocenters. The maximum absolute atomic E-state index is 5.75. The van der Waals surface area contributed by atoms with Gasteiger partial charge in [0.2, 0.25) is 5.88 Å². The first-order valence-electron chi connectivity index (χ1n) is 7.20. The van der Waals surface area contributed by atoms with Crippen LogP contribution in [-0.4, -0.2) is 53.3 Å². The van der Waals surface area contributed by atoms with Gasteiger partial charge in [-0.15, -0.1) is 11.8 Å². The summed E-state index contributed by atoms with van der Waals surface area (Å²) >= 11 is 2.09. The summed E-state index contributed by atoms with van der Waals surface area (Å²) in [5, 5.41) is 0. The summed E-state index contributed by atoms with van der Waals surface area (Å²) in [5.41, 5.74) is 1.18. The fourth-order valence-corrected chi connectivity index (χ4v) is 4.82. The number of hydrogen-bond acceptors (Lipinski definition) is 5. The van der Waals surface area contributed by atoms with Gasteiger partial charge in [0.25, 0.3) is 0 Å². The van der Waals surface area contributed by atoms with E-state index < -0.39 is 0 Å². The van der Waals surface area contributed by atoms with Crippen LogP contribution in [0.3, 0.4) is 0 Å². The molecule has 0 amide bonds. The van der Waals surface area contributed by atoms with Gasteiger partial charge >= 0.3 is 0 Å². The van der Waals surface area contributed by atoms with Crippen LogP contribution in [0.25, 0.3) is 0 Å². The zero-order chi connectivity index (χ0) is 14.0. The van der Waals surface area contributed by atoms with Crippen LogP contribution in [0.5, 0.6) is 5.88 Å². The molecule has 2 aliphatic heterocycles. The fourth-order valence-electron chi connectivity index (χ4n) is 3.22. The van der Waals surface area contributed by atoms with Gasteiger partial charge in [0.05, 0.1) is 13.2 Å². The van der Waals surface area contributed by atoms with E-state index in [1.54, 1.807) is 13.3 Å². The molecular weight excluding hydrogens is 272 g/mol. The SMILES string of the molecule is CCOC1CSC2(C1)CN(Cc1cccnc1OC)C2. The lowest BCUT2D eigenvalue weighted by atomic mass is 9.92. The van der Waals surface area contributed by atoms with Crippen LogP contribution >= 0.6 is 11.8 Å². The molecule has 0 N–H and O–H groups in total. The molecule has 1 aromatic rings. The van der Waals surface area contributed by atoms with E-state index in [2.05, 4.69) is 34.6 Å². The first-order chi connectivity index (χ1) is 9.74. The summed E-state index contributed by atoms with van der Waals surface area (Å²) in [5.74, 6) is 1.90. The Balaban J connectivity index is 1.54. The smallest absolute Gasteiger partial charge is 0.217 e. The number of methoxy groups -OCH3 is 1. The summed E-state index contributed by atoms with van der Waals surface area (Å²) in [6, 6.07) is 4.07. The van der Waals surface area contributed by atoms with Crippen LogP contribution in [0.2, 0.25) is 0 Å². The van der Waals surface area contributed by atoms with Gasteiger partial charge in [-0.25, -0.2) is 4.98 Å². The molecule has 0 radical (unpaired) electrons. The number of nitrogens with zero attached hydrogens (tertiary/aromatic N) is 2. The predicted octanol–water partition coefficient (Wildman–Crippen LogP) is 2.19. The van der Waals surface area contributed by atoms with Gasteiger partial charge in [-0.1, -0.05) is 6.07 Å². The molecule has 1 aromatic heterocycles. The average molecular weight is 294 g/mol. The maximum Gasteiger partial charge on any atom is 0.217 e. The molecule has 5 heteroatoms. The standard InChI is InChI=1S/C15H22N2O2S/c1-3-19-13-7-15(20-9-13)10-17(11-15)8-12-5-4-6-16-14(12)18-2/h4-6,13H,3,7-11H2,1-2H3. The van der Waals surface area contributed by atoms with Crippen molar-refractivity contribution in [2.45, 2.75) is 30.7 Å². The van der Waals surface area contributed by atoms with Crippen LogP contribution < -0.4 is 4.74 Å². The maximum atomic E-state index is 5.75. The zero-order valence-electron chi connectivity index (χ0n) is 12.2. The van der Waals surface area contributed by atoms with Crippen molar-refractivity contribution in [3.05, 3.63) is 23.9 Å². The van der Waals surface area contributed by atoms with Crippen LogP contribution in [0.15, 0.2) is 18.3 Å².